The quantitative estimate of drug-likeness (QED) is 0.315. The number of nitrogens with one attached hydrogen (secondary N) is 1. The Kier molecular flexibility index (Phi) is 8.22. The summed E-state index contributed by atoms with van der Waals surface area (Å²) in [6.07, 6.45) is 6.51. The Balaban J connectivity index is 1.14. The van der Waals surface area contributed by atoms with Crippen LogP contribution in [0.1, 0.15) is 74.7 Å². The molecule has 4 N–H and O–H groups in total. The minimum atomic E-state index is -1.76. The number of carboxylic acid groups (broad SMARTS) is 1. The van der Waals surface area contributed by atoms with Crippen LogP contribution in [-0.4, -0.2) is 63.0 Å². The zero-order valence-corrected chi connectivity index (χ0v) is 24.5. The molecular weight excluding hydrogens is 554 g/mol. The Labute approximate surface area is 250 Å². The van der Waals surface area contributed by atoms with Gasteiger partial charge in [0.25, 0.3) is 0 Å². The molecule has 5 rings (SSSR count). The molecule has 10 nitrogen and oxygen atoms in total. The topological polar surface area (TPSA) is 167 Å². The van der Waals surface area contributed by atoms with E-state index in [1.807, 2.05) is 13.0 Å². The van der Waals surface area contributed by atoms with Crippen LogP contribution in [-0.2, 0) is 30.5 Å². The third-order valence-electron chi connectivity index (χ3n) is 10.7. The molecule has 0 unspecified atom stereocenters. The van der Waals surface area contributed by atoms with Gasteiger partial charge in [0, 0.05) is 29.7 Å². The number of benzene rings is 1. The molecule has 230 valence electrons. The molecule has 3 saturated carbocycles. The largest absolute Gasteiger partial charge is 0.478 e. The lowest BCUT2D eigenvalue weighted by molar-refractivity contribution is -0.181. The second-order valence-corrected chi connectivity index (χ2v) is 13.0. The van der Waals surface area contributed by atoms with Crippen molar-refractivity contribution in [2.75, 3.05) is 6.61 Å². The minimum absolute atomic E-state index is 0.0148. The molecule has 3 fully saturated rings. The van der Waals surface area contributed by atoms with Gasteiger partial charge >= 0.3 is 11.9 Å². The lowest BCUT2D eigenvalue weighted by Crippen LogP contribution is -2.61. The number of amides is 1. The molecule has 4 aliphatic rings. The van der Waals surface area contributed by atoms with Gasteiger partial charge in [-0.25, -0.2) is 4.79 Å². The first-order valence-corrected chi connectivity index (χ1v) is 14.9. The molecule has 43 heavy (non-hydrogen) atoms. The van der Waals surface area contributed by atoms with Crippen molar-refractivity contribution in [2.24, 2.45) is 28.6 Å². The van der Waals surface area contributed by atoms with Crippen molar-refractivity contribution in [2.45, 2.75) is 77.0 Å². The molecule has 0 bridgehead atoms. The van der Waals surface area contributed by atoms with E-state index in [2.05, 4.69) is 12.2 Å². The predicted octanol–water partition coefficient (Wildman–Crippen LogP) is 2.90. The molecule has 0 aliphatic heterocycles. The van der Waals surface area contributed by atoms with E-state index in [-0.39, 0.29) is 61.3 Å². The second kappa shape index (κ2) is 11.5. The number of ether oxygens (including phenoxy) is 1. The number of aliphatic hydroxyl groups is 2. The second-order valence-electron chi connectivity index (χ2n) is 13.0. The summed E-state index contributed by atoms with van der Waals surface area (Å²) in [6.45, 7) is 3.47. The third kappa shape index (κ3) is 5.47. The fourth-order valence-corrected chi connectivity index (χ4v) is 8.40. The summed E-state index contributed by atoms with van der Waals surface area (Å²) >= 11 is 0. The predicted molar refractivity (Wildman–Crippen MR) is 153 cm³/mol. The Bertz CT molecular complexity index is 1400. The number of fused-ring (bicyclic) bond motifs is 5. The number of allylic oxidation sites excluding steroid dienone is 4. The zero-order valence-electron chi connectivity index (χ0n) is 24.5. The van der Waals surface area contributed by atoms with Crippen molar-refractivity contribution in [3.63, 3.8) is 0 Å². The molecule has 1 aromatic carbocycles. The van der Waals surface area contributed by atoms with Crippen LogP contribution >= 0.6 is 0 Å². The number of carboxylic acids is 1. The lowest BCUT2D eigenvalue weighted by Gasteiger charge is -2.59. The third-order valence-corrected chi connectivity index (χ3v) is 10.7. The van der Waals surface area contributed by atoms with Crippen LogP contribution in [0.5, 0.6) is 0 Å². The molecule has 4 aliphatic carbocycles. The van der Waals surface area contributed by atoms with E-state index in [4.69, 9.17) is 9.84 Å². The van der Waals surface area contributed by atoms with Crippen molar-refractivity contribution in [1.29, 1.82) is 0 Å². The smallest absolute Gasteiger partial charge is 0.335 e. The van der Waals surface area contributed by atoms with E-state index >= 15 is 0 Å². The van der Waals surface area contributed by atoms with E-state index in [0.717, 1.165) is 18.4 Å². The van der Waals surface area contributed by atoms with Gasteiger partial charge in [0.2, 0.25) is 11.7 Å². The Morgan fingerprint density at radius 3 is 2.49 bits per heavy atom. The van der Waals surface area contributed by atoms with Gasteiger partial charge in [0.05, 0.1) is 18.1 Å². The van der Waals surface area contributed by atoms with E-state index in [1.54, 1.807) is 24.3 Å². The average Bonchev–Trinajstić information content (AvgIpc) is 3.24. The Morgan fingerprint density at radius 2 is 1.79 bits per heavy atom. The van der Waals surface area contributed by atoms with Crippen molar-refractivity contribution in [3.8, 4) is 0 Å². The molecule has 7 atom stereocenters. The highest BCUT2D eigenvalue weighted by Crippen LogP contribution is 2.67. The van der Waals surface area contributed by atoms with Crippen LogP contribution in [0.25, 0.3) is 0 Å². The number of hydrogen-bond acceptors (Lipinski definition) is 8. The number of carbonyl (C=O) groups is 5. The van der Waals surface area contributed by atoms with Crippen LogP contribution in [0.15, 0.2) is 48.1 Å². The van der Waals surface area contributed by atoms with Crippen molar-refractivity contribution in [1.82, 2.24) is 5.32 Å². The number of esters is 1. The fraction of sp³-hybridized carbons (Fsp3) is 0.545. The van der Waals surface area contributed by atoms with Gasteiger partial charge in [-0.3, -0.25) is 19.2 Å². The van der Waals surface area contributed by atoms with Gasteiger partial charge in [-0.05, 0) is 73.8 Å². The van der Waals surface area contributed by atoms with Crippen molar-refractivity contribution in [3.05, 3.63) is 59.2 Å². The summed E-state index contributed by atoms with van der Waals surface area (Å²) in [5.74, 6) is -2.90. The zero-order chi connectivity index (χ0) is 31.2. The van der Waals surface area contributed by atoms with Gasteiger partial charge in [0.1, 0.15) is 5.60 Å². The number of aliphatic hydroxyl groups excluding tert-OH is 1. The molecule has 1 amide bonds. The van der Waals surface area contributed by atoms with E-state index < -0.39 is 52.8 Å². The number of rotatable bonds is 9. The van der Waals surface area contributed by atoms with E-state index in [9.17, 15) is 34.2 Å². The molecular formula is C33H39NO9. The monoisotopic (exact) mass is 593 g/mol. The summed E-state index contributed by atoms with van der Waals surface area (Å²) in [5.41, 5.74) is -1.24. The molecule has 0 saturated heterocycles. The molecule has 10 heteroatoms. The normalized spacial score (nSPS) is 34.3. The standard InChI is InChI=1S/C33H39NO9/c1-31-13-11-22(35)15-21(31)7-8-23-24-12-14-33(42,32(24,2)16-25(36)29(23)31)26(37)18-43-28(39)10-9-27(38)34-17-19-3-5-20(6-4-19)30(40)41/h3-6,11,13,15,23-25,29,36,42H,7-10,12,14,16-18H2,1-2H3,(H,34,38)(H,40,41)/t23-,24-,25+,29+,31-,32-,33+/m0/s1. The SMILES string of the molecule is C[C@]12C=CC(=O)C=C1CC[C@@H]1[C@@H]2[C@H](O)C[C@@]2(C)[C@H]1CC[C@@]2(O)C(=O)COC(=O)CCC(=O)NCc1ccc(C(=O)O)cc1. The maximum atomic E-state index is 13.4. The number of carbonyl (C=O) groups excluding carboxylic acids is 4. The highest BCUT2D eigenvalue weighted by atomic mass is 16.5. The summed E-state index contributed by atoms with van der Waals surface area (Å²) in [7, 11) is 0. The van der Waals surface area contributed by atoms with Crippen molar-refractivity contribution >= 4 is 29.4 Å². The average molecular weight is 594 g/mol. The van der Waals surface area contributed by atoms with Crippen LogP contribution in [0, 0.1) is 28.6 Å². The minimum Gasteiger partial charge on any atom is -0.478 e. The summed E-state index contributed by atoms with van der Waals surface area (Å²) in [5, 5.41) is 34.9. The number of Topliss-reactive ketones (excluding diaryl/α,β-unsaturated/α-hetero) is 1. The van der Waals surface area contributed by atoms with Gasteiger partial charge < -0.3 is 25.4 Å². The van der Waals surface area contributed by atoms with Gasteiger partial charge in [-0.15, -0.1) is 0 Å². The molecule has 0 spiro atoms. The van der Waals surface area contributed by atoms with Gasteiger partial charge in [-0.1, -0.05) is 37.6 Å². The highest BCUT2D eigenvalue weighted by Gasteiger charge is 2.68. The first-order valence-electron chi connectivity index (χ1n) is 14.9. The summed E-state index contributed by atoms with van der Waals surface area (Å²) in [4.78, 5) is 60.9. The molecule has 0 aromatic heterocycles. The fourth-order valence-electron chi connectivity index (χ4n) is 8.40. The number of hydrogen-bond donors (Lipinski definition) is 4. The first-order chi connectivity index (χ1) is 20.3. The summed E-state index contributed by atoms with van der Waals surface area (Å²) in [6, 6.07) is 6.05. The Hall–Kier alpha value is -3.63. The molecule has 0 radical (unpaired) electrons. The molecule has 0 heterocycles. The van der Waals surface area contributed by atoms with Crippen molar-refractivity contribution < 1.29 is 44.0 Å². The number of aromatic carboxylic acids is 1. The maximum Gasteiger partial charge on any atom is 0.335 e. The Morgan fingerprint density at radius 1 is 1.07 bits per heavy atom. The van der Waals surface area contributed by atoms with Gasteiger partial charge in [-0.2, -0.15) is 0 Å². The van der Waals surface area contributed by atoms with Crippen LogP contribution < -0.4 is 5.32 Å². The number of ketones is 2. The first kappa shape index (κ1) is 30.8. The van der Waals surface area contributed by atoms with Crippen LogP contribution in [0.3, 0.4) is 0 Å². The maximum absolute atomic E-state index is 13.4. The molecule has 1 aromatic rings. The van der Waals surface area contributed by atoms with Crippen LogP contribution in [0.2, 0.25) is 0 Å². The van der Waals surface area contributed by atoms with E-state index in [1.165, 1.54) is 12.1 Å². The summed E-state index contributed by atoms with van der Waals surface area (Å²) < 4.78 is 5.19. The highest BCUT2D eigenvalue weighted by molar-refractivity contribution is 6.01. The lowest BCUT2D eigenvalue weighted by atomic mass is 9.46. The van der Waals surface area contributed by atoms with Crippen LogP contribution in [0.4, 0.5) is 0 Å². The van der Waals surface area contributed by atoms with E-state index in [0.29, 0.717) is 12.0 Å². The van der Waals surface area contributed by atoms with Gasteiger partial charge in [0.15, 0.2) is 12.4 Å².